The number of hydrogen-bond acceptors (Lipinski definition) is 4. The summed E-state index contributed by atoms with van der Waals surface area (Å²) in [6.07, 6.45) is 12.5. The van der Waals surface area contributed by atoms with Crippen LogP contribution in [0.3, 0.4) is 0 Å². The maximum Gasteiger partial charge on any atom is 0.115 e. The van der Waals surface area contributed by atoms with Crippen LogP contribution in [-0.2, 0) is 38.5 Å². The Kier molecular flexibility index (Phi) is 15.4. The zero-order valence-corrected chi connectivity index (χ0v) is 40.1. The summed E-state index contributed by atoms with van der Waals surface area (Å²) in [5.74, 6) is 4.37. The first-order valence-electron chi connectivity index (χ1n) is 22.2. The predicted molar refractivity (Wildman–Crippen MR) is 242 cm³/mol. The highest BCUT2D eigenvalue weighted by Gasteiger charge is 2.44. The van der Waals surface area contributed by atoms with Gasteiger partial charge in [-0.3, -0.25) is 0 Å². The van der Waals surface area contributed by atoms with Crippen LogP contribution in [0.25, 0.3) is 0 Å². The van der Waals surface area contributed by atoms with E-state index in [1.165, 1.54) is 35.4 Å². The minimum absolute atomic E-state index is 0.327. The van der Waals surface area contributed by atoms with Crippen molar-refractivity contribution in [2.24, 2.45) is 68.0 Å². The lowest BCUT2D eigenvalue weighted by molar-refractivity contribution is 0.0611. The molecule has 2 heterocycles. The molecule has 0 N–H and O–H groups in total. The highest BCUT2D eigenvalue weighted by molar-refractivity contribution is 5.31. The van der Waals surface area contributed by atoms with Crippen molar-refractivity contribution in [1.29, 1.82) is 0 Å². The van der Waals surface area contributed by atoms with Gasteiger partial charge in [-0.05, 0) is 135 Å². The molecule has 3 aliphatic rings. The zero-order chi connectivity index (χ0) is 42.7. The van der Waals surface area contributed by atoms with Crippen LogP contribution in [0.5, 0.6) is 0 Å². The van der Waals surface area contributed by atoms with Gasteiger partial charge >= 0.3 is 0 Å². The monoisotopic (exact) mass is 767 g/mol. The molecule has 0 aliphatic heterocycles. The van der Waals surface area contributed by atoms with Crippen molar-refractivity contribution in [3.63, 3.8) is 0 Å². The molecule has 0 saturated heterocycles. The maximum atomic E-state index is 4.49. The van der Waals surface area contributed by atoms with Gasteiger partial charge in [0.2, 0.25) is 0 Å². The Morgan fingerprint density at radius 2 is 0.750 bits per heavy atom. The third-order valence-corrected chi connectivity index (χ3v) is 13.6. The number of benzene rings is 1. The smallest absolute Gasteiger partial charge is 0.115 e. The third-order valence-electron chi connectivity index (χ3n) is 13.6. The molecule has 3 aliphatic carbocycles. The molecule has 0 saturated carbocycles. The molecular weight excluding hydrogens is 681 g/mol. The second-order valence-corrected chi connectivity index (χ2v) is 23.8. The van der Waals surface area contributed by atoms with Gasteiger partial charge in [-0.2, -0.15) is 10.2 Å². The molecule has 2 aromatic heterocycles. The Morgan fingerprint density at radius 3 is 1.14 bits per heavy atom. The number of fused-ring (bicyclic) bond motifs is 3. The molecule has 0 bridgehead atoms. The molecule has 6 unspecified atom stereocenters. The topological polar surface area (TPSA) is 51.6 Å². The van der Waals surface area contributed by atoms with E-state index in [9.17, 15) is 0 Å². The fraction of sp³-hybridized carbons (Fsp3) is 0.731. The summed E-state index contributed by atoms with van der Waals surface area (Å²) in [4.78, 5) is 8.68. The molecular formula is C52H86N4. The average Bonchev–Trinajstić information content (AvgIpc) is 3.09. The van der Waals surface area contributed by atoms with Crippen LogP contribution in [0.15, 0.2) is 49.1 Å². The summed E-state index contributed by atoms with van der Waals surface area (Å²) in [5, 5.41) is 8.40. The van der Waals surface area contributed by atoms with Crippen molar-refractivity contribution in [3.05, 3.63) is 82.7 Å². The van der Waals surface area contributed by atoms with Crippen LogP contribution in [0.2, 0.25) is 0 Å². The molecule has 56 heavy (non-hydrogen) atoms. The predicted octanol–water partition coefficient (Wildman–Crippen LogP) is 13.9. The van der Waals surface area contributed by atoms with Gasteiger partial charge < -0.3 is 0 Å². The van der Waals surface area contributed by atoms with Crippen LogP contribution < -0.4 is 0 Å². The Hall–Kier alpha value is -2.62. The lowest BCUT2D eigenvalue weighted by atomic mass is 9.58. The van der Waals surface area contributed by atoms with Crippen LogP contribution in [0.4, 0.5) is 0 Å². The first-order valence-corrected chi connectivity index (χ1v) is 22.2. The molecule has 314 valence electrons. The fourth-order valence-electron chi connectivity index (χ4n) is 10.1. The van der Waals surface area contributed by atoms with E-state index in [0.717, 1.165) is 37.5 Å². The number of aromatic nitrogens is 4. The fourth-order valence-corrected chi connectivity index (χ4v) is 10.1. The summed E-state index contributed by atoms with van der Waals surface area (Å²) in [7, 11) is 0. The quantitative estimate of drug-likeness (QED) is 0.229. The highest BCUT2D eigenvalue weighted by Crippen LogP contribution is 2.50. The molecule has 4 nitrogen and oxygen atoms in total. The molecule has 3 aromatic rings. The molecule has 1 aromatic carbocycles. The van der Waals surface area contributed by atoms with Crippen molar-refractivity contribution < 1.29 is 0 Å². The van der Waals surface area contributed by atoms with Gasteiger partial charge in [0, 0.05) is 18.1 Å². The Bertz CT molecular complexity index is 1340. The normalized spacial score (nSPS) is 24.0. The Labute approximate surface area is 346 Å². The molecule has 0 radical (unpaired) electrons. The van der Waals surface area contributed by atoms with E-state index < -0.39 is 0 Å². The van der Waals surface area contributed by atoms with E-state index in [4.69, 9.17) is 0 Å². The summed E-state index contributed by atoms with van der Waals surface area (Å²) in [6, 6.07) is 11.2. The molecule has 0 spiro atoms. The second kappa shape index (κ2) is 18.1. The van der Waals surface area contributed by atoms with Crippen LogP contribution in [0, 0.1) is 68.0 Å². The van der Waals surface area contributed by atoms with Gasteiger partial charge in [0.1, 0.15) is 6.33 Å². The van der Waals surface area contributed by atoms with Crippen molar-refractivity contribution in [2.75, 3.05) is 0 Å². The van der Waals surface area contributed by atoms with Crippen LogP contribution in [0.1, 0.15) is 172 Å². The Morgan fingerprint density at radius 1 is 0.411 bits per heavy atom. The second-order valence-electron chi connectivity index (χ2n) is 23.8. The SMILES string of the molecule is CC.CC(C)(C)C1Cc2ccccc2CC1C(C)(C)C.CC(C)(C)C1Cc2ccnnc2CC1C(C)(C)C.CC(C)(C)C1Cc2cncnc2CC1C(C)(C)C. The van der Waals surface area contributed by atoms with Gasteiger partial charge in [0.15, 0.2) is 0 Å². The average molecular weight is 767 g/mol. The minimum atomic E-state index is 0.327. The highest BCUT2D eigenvalue weighted by atomic mass is 15.1. The van der Waals surface area contributed by atoms with E-state index in [-0.39, 0.29) is 0 Å². The number of rotatable bonds is 0. The summed E-state index contributed by atoms with van der Waals surface area (Å²) < 4.78 is 0. The van der Waals surface area contributed by atoms with Crippen molar-refractivity contribution in [1.82, 2.24) is 20.2 Å². The minimum Gasteiger partial charge on any atom is -0.245 e. The molecule has 6 rings (SSSR count). The largest absolute Gasteiger partial charge is 0.245 e. The summed E-state index contributed by atoms with van der Waals surface area (Å²) >= 11 is 0. The zero-order valence-electron chi connectivity index (χ0n) is 40.1. The van der Waals surface area contributed by atoms with Gasteiger partial charge in [-0.25, -0.2) is 9.97 Å². The van der Waals surface area contributed by atoms with Crippen LogP contribution >= 0.6 is 0 Å². The van der Waals surface area contributed by atoms with Gasteiger partial charge in [0.25, 0.3) is 0 Å². The van der Waals surface area contributed by atoms with E-state index >= 15 is 0 Å². The van der Waals surface area contributed by atoms with Crippen LogP contribution in [-0.4, -0.2) is 20.2 Å². The molecule has 4 heteroatoms. The summed E-state index contributed by atoms with van der Waals surface area (Å²) in [6.45, 7) is 46.8. The first-order chi connectivity index (χ1) is 25.6. The molecule has 6 atom stereocenters. The number of nitrogens with zero attached hydrogens (tertiary/aromatic N) is 4. The van der Waals surface area contributed by atoms with Crippen molar-refractivity contribution in [3.8, 4) is 0 Å². The lowest BCUT2D eigenvalue weighted by Crippen LogP contribution is -2.41. The van der Waals surface area contributed by atoms with E-state index in [1.807, 2.05) is 26.2 Å². The lowest BCUT2D eigenvalue weighted by Gasteiger charge is -2.47. The third kappa shape index (κ3) is 12.4. The first kappa shape index (κ1) is 47.8. The standard InChI is InChI=1S/C18H28.2C16H26N2.C2H6/c1-17(2,3)15-11-13-9-7-8-10-14(13)12-16(15)18(4,5)6;1-15(2,3)12-7-11-9-17-10-18-14(11)8-13(12)16(4,5)6;1-15(2,3)12-9-11-7-8-17-18-14(11)10-13(12)16(4,5)6;1-2/h7-10,15-16H,11-12H2,1-6H3;9-10,12-13H,7-8H2,1-6H3;7-8,12-13H,9-10H2,1-6H3;1-2H3. The Balaban J connectivity index is 0.000000220. The van der Waals surface area contributed by atoms with Gasteiger partial charge in [0.05, 0.1) is 5.69 Å². The van der Waals surface area contributed by atoms with E-state index in [2.05, 4.69) is 175 Å². The summed E-state index contributed by atoms with van der Waals surface area (Å²) in [5.41, 5.74) is 10.6. The van der Waals surface area contributed by atoms with Crippen molar-refractivity contribution >= 4 is 0 Å². The van der Waals surface area contributed by atoms with E-state index in [1.54, 1.807) is 17.5 Å². The van der Waals surface area contributed by atoms with E-state index in [0.29, 0.717) is 56.2 Å². The molecule has 0 fully saturated rings. The number of hydrogen-bond donors (Lipinski definition) is 0. The molecule has 0 amide bonds. The van der Waals surface area contributed by atoms with Gasteiger partial charge in [-0.1, -0.05) is 163 Å². The van der Waals surface area contributed by atoms with Gasteiger partial charge in [-0.15, -0.1) is 0 Å². The maximum absolute atomic E-state index is 4.49. The van der Waals surface area contributed by atoms with Crippen molar-refractivity contribution in [2.45, 2.75) is 177 Å².